The zero-order valence-electron chi connectivity index (χ0n) is 9.60. The van der Waals surface area contributed by atoms with Gasteiger partial charge in [0.1, 0.15) is 16.3 Å². The molecule has 0 aliphatic rings. The molecule has 0 amide bonds. The summed E-state index contributed by atoms with van der Waals surface area (Å²) in [6, 6.07) is 0. The van der Waals surface area contributed by atoms with Gasteiger partial charge in [-0.2, -0.15) is 0 Å². The van der Waals surface area contributed by atoms with Gasteiger partial charge >= 0.3 is 5.97 Å². The van der Waals surface area contributed by atoms with Crippen molar-refractivity contribution in [3.63, 3.8) is 0 Å². The minimum Gasteiger partial charge on any atom is -0.456 e. The molecule has 16 heavy (non-hydrogen) atoms. The largest absolute Gasteiger partial charge is 0.456 e. The summed E-state index contributed by atoms with van der Waals surface area (Å²) in [7, 11) is 0. The first-order chi connectivity index (χ1) is 7.22. The second-order valence-electron chi connectivity index (χ2n) is 4.40. The number of esters is 1. The van der Waals surface area contributed by atoms with E-state index in [-0.39, 0.29) is 10.7 Å². The van der Waals surface area contributed by atoms with Gasteiger partial charge in [-0.05, 0) is 33.3 Å². The maximum absolute atomic E-state index is 11.8. The number of hydrogen-bond donors (Lipinski definition) is 0. The van der Waals surface area contributed by atoms with Crippen LogP contribution in [0.25, 0.3) is 0 Å². The van der Waals surface area contributed by atoms with E-state index in [2.05, 4.69) is 4.98 Å². The maximum Gasteiger partial charge on any atom is 0.342 e. The Bertz CT molecular complexity index is 425. The van der Waals surface area contributed by atoms with Gasteiger partial charge in [-0.25, -0.2) is 9.78 Å². The van der Waals surface area contributed by atoms with E-state index >= 15 is 0 Å². The fourth-order valence-corrected chi connectivity index (χ4v) is 1.53. The zero-order valence-corrected chi connectivity index (χ0v) is 11.1. The van der Waals surface area contributed by atoms with Crippen LogP contribution in [0, 0.1) is 6.92 Å². The van der Waals surface area contributed by atoms with E-state index in [0.717, 1.165) is 0 Å². The molecule has 1 aromatic rings. The first-order valence-corrected chi connectivity index (χ1v) is 5.52. The molecule has 1 aromatic heterocycles. The van der Waals surface area contributed by atoms with Gasteiger partial charge in [-0.1, -0.05) is 23.2 Å². The van der Waals surface area contributed by atoms with Gasteiger partial charge in [-0.3, -0.25) is 0 Å². The molecule has 0 bridgehead atoms. The lowest BCUT2D eigenvalue weighted by atomic mass is 10.1. The Hall–Kier alpha value is -0.800. The minimum atomic E-state index is -0.574. The van der Waals surface area contributed by atoms with Gasteiger partial charge in [0.2, 0.25) is 0 Å². The van der Waals surface area contributed by atoms with Crippen LogP contribution in [0.5, 0.6) is 0 Å². The summed E-state index contributed by atoms with van der Waals surface area (Å²) in [5, 5.41) is 0.501. The summed E-state index contributed by atoms with van der Waals surface area (Å²) in [5.74, 6) is -0.509. The molecule has 0 saturated heterocycles. The second kappa shape index (κ2) is 4.60. The van der Waals surface area contributed by atoms with Crippen molar-refractivity contribution in [2.45, 2.75) is 33.3 Å². The molecule has 5 heteroatoms. The molecular formula is C11H13Cl2NO2. The lowest BCUT2D eigenvalue weighted by Gasteiger charge is -2.20. The van der Waals surface area contributed by atoms with Crippen molar-refractivity contribution < 1.29 is 9.53 Å². The molecule has 0 aliphatic heterocycles. The highest BCUT2D eigenvalue weighted by molar-refractivity contribution is 6.35. The van der Waals surface area contributed by atoms with Crippen molar-refractivity contribution >= 4 is 29.2 Å². The van der Waals surface area contributed by atoms with Crippen molar-refractivity contribution in [2.24, 2.45) is 0 Å². The predicted molar refractivity (Wildman–Crippen MR) is 64.2 cm³/mol. The zero-order chi connectivity index (χ0) is 12.5. The number of aromatic nitrogens is 1. The molecule has 1 rings (SSSR count). The van der Waals surface area contributed by atoms with Crippen LogP contribution in [0.4, 0.5) is 0 Å². The average molecular weight is 262 g/mol. The van der Waals surface area contributed by atoms with Crippen LogP contribution in [0.15, 0.2) is 6.20 Å². The Morgan fingerprint density at radius 2 is 1.94 bits per heavy atom. The van der Waals surface area contributed by atoms with Gasteiger partial charge in [0.05, 0.1) is 5.02 Å². The molecule has 0 spiro atoms. The third-order valence-electron chi connectivity index (χ3n) is 1.83. The minimum absolute atomic E-state index is 0.108. The standard InChI is InChI=1S/C11H13Cl2NO2/c1-6-7(12)5-14-9(13)8(6)10(15)16-11(2,3)4/h5H,1-4H3. The molecule has 88 valence electrons. The third-order valence-corrected chi connectivity index (χ3v) is 2.50. The van der Waals surface area contributed by atoms with Crippen LogP contribution in [0.3, 0.4) is 0 Å². The summed E-state index contributed by atoms with van der Waals surface area (Å²) < 4.78 is 5.22. The van der Waals surface area contributed by atoms with Crippen molar-refractivity contribution in [1.29, 1.82) is 0 Å². The average Bonchev–Trinajstić information content (AvgIpc) is 2.09. The van der Waals surface area contributed by atoms with Crippen LogP contribution in [-0.4, -0.2) is 16.6 Å². The van der Waals surface area contributed by atoms with Gasteiger partial charge in [0.25, 0.3) is 0 Å². The van der Waals surface area contributed by atoms with E-state index in [1.165, 1.54) is 6.20 Å². The molecule has 0 unspecified atom stereocenters. The van der Waals surface area contributed by atoms with Crippen LogP contribution in [-0.2, 0) is 4.74 Å². The number of nitrogens with zero attached hydrogens (tertiary/aromatic N) is 1. The second-order valence-corrected chi connectivity index (χ2v) is 5.16. The van der Waals surface area contributed by atoms with Crippen molar-refractivity contribution in [2.75, 3.05) is 0 Å². The van der Waals surface area contributed by atoms with Crippen molar-refractivity contribution in [3.8, 4) is 0 Å². The SMILES string of the molecule is Cc1c(Cl)cnc(Cl)c1C(=O)OC(C)(C)C. The van der Waals surface area contributed by atoms with Crippen LogP contribution in [0.2, 0.25) is 10.2 Å². The molecular weight excluding hydrogens is 249 g/mol. The number of pyridine rings is 1. The predicted octanol–water partition coefficient (Wildman–Crippen LogP) is 3.65. The monoisotopic (exact) mass is 261 g/mol. The van der Waals surface area contributed by atoms with E-state index in [1.54, 1.807) is 27.7 Å². The lowest BCUT2D eigenvalue weighted by Crippen LogP contribution is -2.24. The molecule has 0 aliphatic carbocycles. The number of ether oxygens (including phenoxy) is 1. The Morgan fingerprint density at radius 1 is 1.38 bits per heavy atom. The highest BCUT2D eigenvalue weighted by Crippen LogP contribution is 2.25. The Labute approximate surface area is 105 Å². The molecule has 1 heterocycles. The highest BCUT2D eigenvalue weighted by Gasteiger charge is 2.23. The lowest BCUT2D eigenvalue weighted by molar-refractivity contribution is 0.00685. The summed E-state index contributed by atoms with van der Waals surface area (Å²) in [6.45, 7) is 7.06. The van der Waals surface area contributed by atoms with Crippen LogP contribution in [0.1, 0.15) is 36.7 Å². The van der Waals surface area contributed by atoms with E-state index in [9.17, 15) is 4.79 Å². The summed E-state index contributed by atoms with van der Waals surface area (Å²) in [6.07, 6.45) is 1.41. The van der Waals surface area contributed by atoms with Gasteiger partial charge in [0.15, 0.2) is 0 Å². The fraction of sp³-hybridized carbons (Fsp3) is 0.455. The van der Waals surface area contributed by atoms with Crippen molar-refractivity contribution in [1.82, 2.24) is 4.98 Å². The van der Waals surface area contributed by atoms with E-state index in [0.29, 0.717) is 10.6 Å². The smallest absolute Gasteiger partial charge is 0.342 e. The fourth-order valence-electron chi connectivity index (χ4n) is 1.12. The number of hydrogen-bond acceptors (Lipinski definition) is 3. The number of halogens is 2. The first kappa shape index (κ1) is 13.3. The van der Waals surface area contributed by atoms with Gasteiger partial charge < -0.3 is 4.74 Å². The Morgan fingerprint density at radius 3 is 2.44 bits per heavy atom. The van der Waals surface area contributed by atoms with E-state index < -0.39 is 11.6 Å². The molecule has 0 radical (unpaired) electrons. The van der Waals surface area contributed by atoms with Gasteiger partial charge in [0, 0.05) is 6.20 Å². The number of rotatable bonds is 1. The number of carbonyl (C=O) groups is 1. The Balaban J connectivity index is 3.14. The van der Waals surface area contributed by atoms with Crippen molar-refractivity contribution in [3.05, 3.63) is 27.5 Å². The Kier molecular flexibility index (Phi) is 3.81. The van der Waals surface area contributed by atoms with Crippen LogP contribution < -0.4 is 0 Å². The van der Waals surface area contributed by atoms with E-state index in [1.807, 2.05) is 0 Å². The van der Waals surface area contributed by atoms with Gasteiger partial charge in [-0.15, -0.1) is 0 Å². The summed E-state index contributed by atoms with van der Waals surface area (Å²) in [5.41, 5.74) is 0.231. The molecule has 0 fully saturated rings. The summed E-state index contributed by atoms with van der Waals surface area (Å²) >= 11 is 11.7. The topological polar surface area (TPSA) is 39.2 Å². The maximum atomic E-state index is 11.8. The highest BCUT2D eigenvalue weighted by atomic mass is 35.5. The normalized spacial score (nSPS) is 11.4. The summed E-state index contributed by atoms with van der Waals surface area (Å²) in [4.78, 5) is 15.7. The molecule has 0 aromatic carbocycles. The van der Waals surface area contributed by atoms with E-state index in [4.69, 9.17) is 27.9 Å². The molecule has 3 nitrogen and oxygen atoms in total. The molecule has 0 saturated carbocycles. The molecule has 0 atom stereocenters. The first-order valence-electron chi connectivity index (χ1n) is 4.76. The molecule has 0 N–H and O–H groups in total. The third kappa shape index (κ3) is 3.09. The number of carbonyl (C=O) groups excluding carboxylic acids is 1. The quantitative estimate of drug-likeness (QED) is 0.572. The van der Waals surface area contributed by atoms with Crippen LogP contribution >= 0.6 is 23.2 Å².